The minimum absolute atomic E-state index is 0.192. The van der Waals surface area contributed by atoms with Gasteiger partial charge < -0.3 is 20.5 Å². The van der Waals surface area contributed by atoms with Gasteiger partial charge >= 0.3 is 0 Å². The van der Waals surface area contributed by atoms with E-state index in [1.54, 1.807) is 0 Å². The lowest BCUT2D eigenvalue weighted by atomic mass is 10.2. The SMILES string of the molecule is CN(CCO)CCCOc1ccc(C(N)=S)cc1. The van der Waals surface area contributed by atoms with E-state index in [-0.39, 0.29) is 6.61 Å². The maximum Gasteiger partial charge on any atom is 0.119 e. The van der Waals surface area contributed by atoms with Crippen molar-refractivity contribution >= 4 is 17.2 Å². The van der Waals surface area contributed by atoms with E-state index in [9.17, 15) is 0 Å². The molecule has 0 aliphatic heterocycles. The molecule has 5 heteroatoms. The van der Waals surface area contributed by atoms with Crippen LogP contribution < -0.4 is 10.5 Å². The first-order valence-corrected chi connectivity index (χ1v) is 6.36. The number of likely N-dealkylation sites (N-methyl/N-ethyl adjacent to an activating group) is 1. The Hall–Kier alpha value is -1.17. The van der Waals surface area contributed by atoms with E-state index < -0.39 is 0 Å². The molecular weight excluding hydrogens is 248 g/mol. The van der Waals surface area contributed by atoms with Crippen molar-refractivity contribution in [1.29, 1.82) is 0 Å². The number of thiocarbonyl (C=S) groups is 1. The third-order valence-electron chi connectivity index (χ3n) is 2.57. The molecule has 0 aliphatic carbocycles. The molecule has 1 aromatic rings. The molecule has 0 fully saturated rings. The fourth-order valence-electron chi connectivity index (χ4n) is 1.52. The highest BCUT2D eigenvalue weighted by atomic mass is 32.1. The minimum atomic E-state index is 0.192. The molecule has 0 aromatic heterocycles. The topological polar surface area (TPSA) is 58.7 Å². The minimum Gasteiger partial charge on any atom is -0.494 e. The third-order valence-corrected chi connectivity index (χ3v) is 2.81. The van der Waals surface area contributed by atoms with Gasteiger partial charge in [-0.1, -0.05) is 12.2 Å². The van der Waals surface area contributed by atoms with Crippen molar-refractivity contribution in [2.24, 2.45) is 5.73 Å². The Morgan fingerprint density at radius 2 is 2.00 bits per heavy atom. The number of aliphatic hydroxyl groups excluding tert-OH is 1. The predicted molar refractivity (Wildman–Crippen MR) is 77.0 cm³/mol. The Kier molecular flexibility index (Phi) is 6.64. The molecule has 0 bridgehead atoms. The van der Waals surface area contributed by atoms with Gasteiger partial charge in [-0.2, -0.15) is 0 Å². The van der Waals surface area contributed by atoms with Crippen LogP contribution in [0.4, 0.5) is 0 Å². The number of nitrogens with two attached hydrogens (primary N) is 1. The van der Waals surface area contributed by atoms with Crippen molar-refractivity contribution in [3.8, 4) is 5.75 Å². The summed E-state index contributed by atoms with van der Waals surface area (Å²) in [5.41, 5.74) is 6.36. The van der Waals surface area contributed by atoms with Gasteiger partial charge in [-0.3, -0.25) is 0 Å². The Balaban J connectivity index is 2.25. The zero-order valence-corrected chi connectivity index (χ0v) is 11.4. The number of nitrogens with zero attached hydrogens (tertiary/aromatic N) is 1. The van der Waals surface area contributed by atoms with Crippen LogP contribution in [-0.4, -0.2) is 48.3 Å². The summed E-state index contributed by atoms with van der Waals surface area (Å²) in [7, 11) is 1.98. The first-order chi connectivity index (χ1) is 8.63. The largest absolute Gasteiger partial charge is 0.494 e. The van der Waals surface area contributed by atoms with Crippen molar-refractivity contribution in [1.82, 2.24) is 4.90 Å². The second-order valence-electron chi connectivity index (χ2n) is 4.12. The first kappa shape index (κ1) is 14.9. The van der Waals surface area contributed by atoms with Crippen LogP contribution in [0.2, 0.25) is 0 Å². The standard InChI is InChI=1S/C13H20N2O2S/c1-15(8-9-16)7-2-10-17-12-5-3-11(4-6-12)13(14)18/h3-6,16H,2,7-10H2,1H3,(H2,14,18). The number of hydrogen-bond acceptors (Lipinski definition) is 4. The molecule has 0 amide bonds. The monoisotopic (exact) mass is 268 g/mol. The molecule has 100 valence electrons. The van der Waals surface area contributed by atoms with Crippen LogP contribution in [0.5, 0.6) is 5.75 Å². The van der Waals surface area contributed by atoms with Gasteiger partial charge in [0.2, 0.25) is 0 Å². The van der Waals surface area contributed by atoms with Gasteiger partial charge in [-0.15, -0.1) is 0 Å². The van der Waals surface area contributed by atoms with Gasteiger partial charge in [0.1, 0.15) is 10.7 Å². The van der Waals surface area contributed by atoms with E-state index in [0.29, 0.717) is 18.1 Å². The average Bonchev–Trinajstić information content (AvgIpc) is 2.35. The molecule has 0 aliphatic rings. The highest BCUT2D eigenvalue weighted by Crippen LogP contribution is 2.12. The van der Waals surface area contributed by atoms with Crippen LogP contribution in [0.3, 0.4) is 0 Å². The van der Waals surface area contributed by atoms with Gasteiger partial charge in [0, 0.05) is 18.7 Å². The lowest BCUT2D eigenvalue weighted by Gasteiger charge is -2.14. The van der Waals surface area contributed by atoms with Gasteiger partial charge in [0.05, 0.1) is 13.2 Å². The molecule has 0 spiro atoms. The zero-order valence-electron chi connectivity index (χ0n) is 10.6. The summed E-state index contributed by atoms with van der Waals surface area (Å²) in [4.78, 5) is 2.46. The Bertz CT molecular complexity index is 368. The molecule has 0 unspecified atom stereocenters. The van der Waals surface area contributed by atoms with E-state index in [2.05, 4.69) is 4.90 Å². The number of aliphatic hydroxyl groups is 1. The van der Waals surface area contributed by atoms with Crippen molar-refractivity contribution in [2.45, 2.75) is 6.42 Å². The predicted octanol–water partition coefficient (Wildman–Crippen LogP) is 1.01. The van der Waals surface area contributed by atoms with E-state index >= 15 is 0 Å². The fourth-order valence-corrected chi connectivity index (χ4v) is 1.66. The lowest BCUT2D eigenvalue weighted by molar-refractivity contribution is 0.207. The van der Waals surface area contributed by atoms with E-state index in [0.717, 1.165) is 24.3 Å². The first-order valence-electron chi connectivity index (χ1n) is 5.95. The summed E-state index contributed by atoms with van der Waals surface area (Å²) < 4.78 is 5.60. The van der Waals surface area contributed by atoms with Crippen molar-refractivity contribution < 1.29 is 9.84 Å². The van der Waals surface area contributed by atoms with Gasteiger partial charge in [0.25, 0.3) is 0 Å². The van der Waals surface area contributed by atoms with Crippen LogP contribution in [0.25, 0.3) is 0 Å². The van der Waals surface area contributed by atoms with Crippen LogP contribution in [-0.2, 0) is 0 Å². The van der Waals surface area contributed by atoms with Crippen LogP contribution in [0.1, 0.15) is 12.0 Å². The van der Waals surface area contributed by atoms with Crippen LogP contribution in [0.15, 0.2) is 24.3 Å². The van der Waals surface area contributed by atoms with E-state index in [4.69, 9.17) is 27.8 Å². The van der Waals surface area contributed by atoms with Gasteiger partial charge in [0.15, 0.2) is 0 Å². The molecule has 0 saturated carbocycles. The second kappa shape index (κ2) is 8.02. The lowest BCUT2D eigenvalue weighted by Crippen LogP contribution is -2.24. The Labute approximate surface area is 113 Å². The fraction of sp³-hybridized carbons (Fsp3) is 0.462. The Morgan fingerprint density at radius 1 is 1.33 bits per heavy atom. The van der Waals surface area contributed by atoms with Crippen molar-refractivity contribution in [3.63, 3.8) is 0 Å². The molecule has 0 radical (unpaired) electrons. The number of hydrogen-bond donors (Lipinski definition) is 2. The normalized spacial score (nSPS) is 10.6. The zero-order chi connectivity index (χ0) is 13.4. The Morgan fingerprint density at radius 3 is 2.56 bits per heavy atom. The molecule has 1 rings (SSSR count). The van der Waals surface area contributed by atoms with Crippen LogP contribution >= 0.6 is 12.2 Å². The summed E-state index contributed by atoms with van der Waals surface area (Å²) in [5, 5.41) is 8.75. The summed E-state index contributed by atoms with van der Waals surface area (Å²) in [6.07, 6.45) is 0.924. The number of ether oxygens (including phenoxy) is 1. The molecule has 3 N–H and O–H groups in total. The molecule has 1 aromatic carbocycles. The van der Waals surface area contributed by atoms with Crippen LogP contribution in [0, 0.1) is 0 Å². The molecule has 18 heavy (non-hydrogen) atoms. The summed E-state index contributed by atoms with van der Waals surface area (Å²) in [6, 6.07) is 7.45. The van der Waals surface area contributed by atoms with Gasteiger partial charge in [-0.25, -0.2) is 0 Å². The summed E-state index contributed by atoms with van der Waals surface area (Å²) >= 11 is 4.88. The maximum absolute atomic E-state index is 8.75. The second-order valence-corrected chi connectivity index (χ2v) is 4.56. The molecule has 0 saturated heterocycles. The molecule has 4 nitrogen and oxygen atoms in total. The number of benzene rings is 1. The third kappa shape index (κ3) is 5.44. The number of rotatable bonds is 8. The van der Waals surface area contributed by atoms with Crippen molar-refractivity contribution in [2.75, 3.05) is 33.4 Å². The highest BCUT2D eigenvalue weighted by molar-refractivity contribution is 7.80. The quantitative estimate of drug-likeness (QED) is 0.544. The van der Waals surface area contributed by atoms with E-state index in [1.807, 2.05) is 31.3 Å². The van der Waals surface area contributed by atoms with E-state index in [1.165, 1.54) is 0 Å². The summed E-state index contributed by atoms with van der Waals surface area (Å²) in [6.45, 7) is 2.45. The maximum atomic E-state index is 8.75. The molecular formula is C13H20N2O2S. The smallest absolute Gasteiger partial charge is 0.119 e. The average molecular weight is 268 g/mol. The summed E-state index contributed by atoms with van der Waals surface area (Å²) in [5.74, 6) is 0.819. The molecule has 0 heterocycles. The van der Waals surface area contributed by atoms with Crippen molar-refractivity contribution in [3.05, 3.63) is 29.8 Å². The van der Waals surface area contributed by atoms with Gasteiger partial charge in [-0.05, 0) is 37.7 Å². The highest BCUT2D eigenvalue weighted by Gasteiger charge is 1.99. The molecule has 0 atom stereocenters.